The second-order valence-corrected chi connectivity index (χ2v) is 7.55. The molecule has 29 heavy (non-hydrogen) atoms. The van der Waals surface area contributed by atoms with Crippen LogP contribution >= 0.6 is 0 Å². The van der Waals surface area contributed by atoms with E-state index in [4.69, 9.17) is 9.47 Å². The van der Waals surface area contributed by atoms with E-state index in [0.29, 0.717) is 26.2 Å². The van der Waals surface area contributed by atoms with Crippen molar-refractivity contribution in [3.05, 3.63) is 83.7 Å². The molecule has 1 fully saturated rings. The molecule has 3 heterocycles. The van der Waals surface area contributed by atoms with Gasteiger partial charge < -0.3 is 14.8 Å². The normalized spacial score (nSPS) is 22.8. The third-order valence-electron chi connectivity index (χ3n) is 5.61. The fraction of sp³-hybridized carbons (Fsp3) is 0.304. The predicted octanol–water partition coefficient (Wildman–Crippen LogP) is 3.26. The molecule has 0 aliphatic carbocycles. The molecule has 2 aromatic carbocycles. The number of fused-ring (bicyclic) bond motifs is 1. The van der Waals surface area contributed by atoms with Crippen molar-refractivity contribution in [2.45, 2.75) is 25.1 Å². The van der Waals surface area contributed by atoms with Crippen LogP contribution in [-0.2, 0) is 16.1 Å². The Balaban J connectivity index is 1.27. The largest absolute Gasteiger partial charge is 0.491 e. The van der Waals surface area contributed by atoms with E-state index in [2.05, 4.69) is 22.5 Å². The zero-order valence-electron chi connectivity index (χ0n) is 16.0. The molecule has 0 saturated carbocycles. The lowest BCUT2D eigenvalue weighted by atomic mass is 9.95. The first-order valence-corrected chi connectivity index (χ1v) is 9.98. The van der Waals surface area contributed by atoms with Crippen molar-refractivity contribution in [2.75, 3.05) is 13.2 Å². The molecule has 5 rings (SSSR count). The van der Waals surface area contributed by atoms with Gasteiger partial charge in [0.2, 0.25) is 5.91 Å². The number of para-hydroxylation sites is 1. The zero-order valence-corrected chi connectivity index (χ0v) is 16.0. The highest BCUT2D eigenvalue weighted by atomic mass is 16.5. The van der Waals surface area contributed by atoms with Gasteiger partial charge in [-0.15, -0.1) is 0 Å². The molecular weight excluding hydrogens is 366 g/mol. The van der Waals surface area contributed by atoms with Gasteiger partial charge in [0.05, 0.1) is 30.8 Å². The summed E-state index contributed by atoms with van der Waals surface area (Å²) in [5.41, 5.74) is 3.16. The van der Waals surface area contributed by atoms with Gasteiger partial charge in [0.1, 0.15) is 12.4 Å². The number of benzene rings is 2. The highest BCUT2D eigenvalue weighted by Gasteiger charge is 2.38. The molecule has 6 heteroatoms. The molecular formula is C23H23N3O3. The summed E-state index contributed by atoms with van der Waals surface area (Å²) in [6.07, 6.45) is 4.23. The van der Waals surface area contributed by atoms with E-state index in [0.717, 1.165) is 16.9 Å². The average molecular weight is 389 g/mol. The van der Waals surface area contributed by atoms with Crippen molar-refractivity contribution in [3.63, 3.8) is 0 Å². The Morgan fingerprint density at radius 3 is 2.86 bits per heavy atom. The molecule has 1 aromatic heterocycles. The van der Waals surface area contributed by atoms with Crippen molar-refractivity contribution >= 4 is 5.91 Å². The first-order chi connectivity index (χ1) is 14.3. The van der Waals surface area contributed by atoms with Crippen LogP contribution in [0, 0.1) is 5.92 Å². The summed E-state index contributed by atoms with van der Waals surface area (Å²) in [6.45, 7) is 1.74. The standard InChI is InChI=1S/C23H23N3O3/c27-23(25-20-15-29-21-9-5-4-8-18(20)21)19-10-11-28-22(19)17-12-24-26(14-17)13-16-6-2-1-3-7-16/h1-9,12,14,19-20,22H,10-11,13,15H2,(H,25,27)/t19-,20?,22+/m0/s1. The fourth-order valence-corrected chi connectivity index (χ4v) is 4.13. The van der Waals surface area contributed by atoms with Crippen molar-refractivity contribution in [3.8, 4) is 5.75 Å². The van der Waals surface area contributed by atoms with Crippen LogP contribution in [0.3, 0.4) is 0 Å². The molecule has 6 nitrogen and oxygen atoms in total. The highest BCUT2D eigenvalue weighted by Crippen LogP contribution is 2.36. The SMILES string of the molecule is O=C(NC1COc2ccccc21)[C@H]1CCO[C@@H]1c1cnn(Cc2ccccc2)c1. The van der Waals surface area contributed by atoms with Crippen LogP contribution < -0.4 is 10.1 Å². The number of hydrogen-bond acceptors (Lipinski definition) is 4. The summed E-state index contributed by atoms with van der Waals surface area (Å²) in [5, 5.41) is 7.62. The van der Waals surface area contributed by atoms with Gasteiger partial charge in [0.25, 0.3) is 0 Å². The number of rotatable bonds is 5. The van der Waals surface area contributed by atoms with Gasteiger partial charge in [-0.3, -0.25) is 9.48 Å². The van der Waals surface area contributed by atoms with E-state index in [9.17, 15) is 4.79 Å². The molecule has 2 aliphatic heterocycles. The van der Waals surface area contributed by atoms with Gasteiger partial charge in [0, 0.05) is 23.9 Å². The Morgan fingerprint density at radius 1 is 1.14 bits per heavy atom. The van der Waals surface area contributed by atoms with Gasteiger partial charge >= 0.3 is 0 Å². The number of ether oxygens (including phenoxy) is 2. The maximum atomic E-state index is 13.0. The number of carbonyl (C=O) groups is 1. The molecule has 1 saturated heterocycles. The average Bonchev–Trinajstić information content (AvgIpc) is 3.48. The second kappa shape index (κ2) is 7.72. The minimum Gasteiger partial charge on any atom is -0.491 e. The Labute approximate surface area is 169 Å². The van der Waals surface area contributed by atoms with Gasteiger partial charge in [-0.2, -0.15) is 5.10 Å². The maximum Gasteiger partial charge on any atom is 0.226 e. The third-order valence-corrected chi connectivity index (χ3v) is 5.61. The molecule has 3 aromatic rings. The molecule has 0 bridgehead atoms. The number of hydrogen-bond donors (Lipinski definition) is 1. The van der Waals surface area contributed by atoms with E-state index in [1.165, 1.54) is 5.56 Å². The highest BCUT2D eigenvalue weighted by molar-refractivity contribution is 5.80. The molecule has 2 aliphatic rings. The number of carbonyl (C=O) groups excluding carboxylic acids is 1. The van der Waals surface area contributed by atoms with Crippen molar-refractivity contribution in [1.82, 2.24) is 15.1 Å². The van der Waals surface area contributed by atoms with E-state index < -0.39 is 0 Å². The quantitative estimate of drug-likeness (QED) is 0.727. The number of nitrogens with zero attached hydrogens (tertiary/aromatic N) is 2. The molecule has 1 unspecified atom stereocenters. The Bertz CT molecular complexity index is 1000. The number of aromatic nitrogens is 2. The minimum atomic E-state index is -0.267. The molecule has 0 radical (unpaired) electrons. The summed E-state index contributed by atoms with van der Waals surface area (Å²) >= 11 is 0. The Morgan fingerprint density at radius 2 is 1.97 bits per heavy atom. The Hall–Kier alpha value is -3.12. The van der Waals surface area contributed by atoms with Gasteiger partial charge in [-0.05, 0) is 18.1 Å². The lowest BCUT2D eigenvalue weighted by Crippen LogP contribution is -2.35. The predicted molar refractivity (Wildman–Crippen MR) is 107 cm³/mol. The topological polar surface area (TPSA) is 65.4 Å². The van der Waals surface area contributed by atoms with Crippen LogP contribution in [-0.4, -0.2) is 28.9 Å². The summed E-state index contributed by atoms with van der Waals surface area (Å²) in [4.78, 5) is 13.0. The summed E-state index contributed by atoms with van der Waals surface area (Å²) in [6, 6.07) is 17.9. The van der Waals surface area contributed by atoms with Crippen LogP contribution in [0.4, 0.5) is 0 Å². The number of nitrogens with one attached hydrogen (secondary N) is 1. The molecule has 1 N–H and O–H groups in total. The summed E-state index contributed by atoms with van der Waals surface area (Å²) in [5.74, 6) is 0.630. The van der Waals surface area contributed by atoms with Crippen molar-refractivity contribution in [1.29, 1.82) is 0 Å². The molecule has 1 amide bonds. The lowest BCUT2D eigenvalue weighted by Gasteiger charge is -2.19. The monoisotopic (exact) mass is 389 g/mol. The third kappa shape index (κ3) is 3.63. The lowest BCUT2D eigenvalue weighted by molar-refractivity contribution is -0.127. The van der Waals surface area contributed by atoms with Crippen LogP contribution in [0.25, 0.3) is 0 Å². The van der Waals surface area contributed by atoms with E-state index >= 15 is 0 Å². The first kappa shape index (κ1) is 17.9. The fourth-order valence-electron chi connectivity index (χ4n) is 4.13. The van der Waals surface area contributed by atoms with Crippen molar-refractivity contribution < 1.29 is 14.3 Å². The maximum absolute atomic E-state index is 13.0. The zero-order chi connectivity index (χ0) is 19.6. The van der Waals surface area contributed by atoms with Crippen LogP contribution in [0.15, 0.2) is 67.0 Å². The van der Waals surface area contributed by atoms with E-state index in [-0.39, 0.29) is 24.0 Å². The van der Waals surface area contributed by atoms with Gasteiger partial charge in [0.15, 0.2) is 0 Å². The second-order valence-electron chi connectivity index (χ2n) is 7.55. The summed E-state index contributed by atoms with van der Waals surface area (Å²) in [7, 11) is 0. The van der Waals surface area contributed by atoms with Crippen LogP contribution in [0.2, 0.25) is 0 Å². The molecule has 148 valence electrons. The van der Waals surface area contributed by atoms with E-state index in [1.807, 2.05) is 59.5 Å². The number of amides is 1. The minimum absolute atomic E-state index is 0.00797. The first-order valence-electron chi connectivity index (χ1n) is 9.98. The Kier molecular flexibility index (Phi) is 4.77. The van der Waals surface area contributed by atoms with Crippen molar-refractivity contribution in [2.24, 2.45) is 5.92 Å². The van der Waals surface area contributed by atoms with Crippen LogP contribution in [0.1, 0.15) is 35.3 Å². The van der Waals surface area contributed by atoms with Crippen LogP contribution in [0.5, 0.6) is 5.75 Å². The summed E-state index contributed by atoms with van der Waals surface area (Å²) < 4.78 is 13.5. The van der Waals surface area contributed by atoms with Gasteiger partial charge in [-0.1, -0.05) is 48.5 Å². The smallest absolute Gasteiger partial charge is 0.226 e. The van der Waals surface area contributed by atoms with Gasteiger partial charge in [-0.25, -0.2) is 0 Å². The van der Waals surface area contributed by atoms with E-state index in [1.54, 1.807) is 0 Å². The molecule has 3 atom stereocenters. The molecule has 0 spiro atoms.